The summed E-state index contributed by atoms with van der Waals surface area (Å²) >= 11 is 5.35. The fraction of sp³-hybridized carbons (Fsp3) is 0.333. The second kappa shape index (κ2) is 6.58. The Morgan fingerprint density at radius 3 is 2.57 bits per heavy atom. The lowest BCUT2D eigenvalue weighted by Gasteiger charge is -2.29. The third kappa shape index (κ3) is 3.33. The van der Waals surface area contributed by atoms with Crippen molar-refractivity contribution in [3.63, 3.8) is 0 Å². The van der Waals surface area contributed by atoms with Crippen molar-refractivity contribution in [2.24, 2.45) is 0 Å². The molecule has 1 aliphatic heterocycles. The number of thiocarbonyl (C=S) groups is 1. The van der Waals surface area contributed by atoms with Gasteiger partial charge in [-0.2, -0.15) is 0 Å². The number of hydrogen-bond acceptors (Lipinski definition) is 5. The summed E-state index contributed by atoms with van der Waals surface area (Å²) in [7, 11) is 1.59. The Morgan fingerprint density at radius 1 is 1.33 bits per heavy atom. The Morgan fingerprint density at radius 2 is 2.00 bits per heavy atom. The quantitative estimate of drug-likeness (QED) is 0.657. The number of nitrogens with one attached hydrogen (secondary N) is 2. The van der Waals surface area contributed by atoms with Gasteiger partial charge in [0.05, 0.1) is 25.0 Å². The van der Waals surface area contributed by atoms with Gasteiger partial charge in [0, 0.05) is 0 Å². The highest BCUT2D eigenvalue weighted by Crippen LogP contribution is 2.21. The van der Waals surface area contributed by atoms with Gasteiger partial charge in [-0.25, -0.2) is 4.79 Å². The van der Waals surface area contributed by atoms with Crippen molar-refractivity contribution in [2.75, 3.05) is 13.7 Å². The molecule has 1 aromatic carbocycles. The standard InChI is InChI=1S/C15H18N2O3S/c1-4-20-15(18)11-7-5-10(6-8-11)12-14(21)17-13(19-3)9(2)16-12/h5-8,12,16H,4H2,1-3H3,(H,17,21)/t12-/m1/s1. The summed E-state index contributed by atoms with van der Waals surface area (Å²) in [5.41, 5.74) is 2.38. The molecule has 6 heteroatoms. The smallest absolute Gasteiger partial charge is 0.338 e. The van der Waals surface area contributed by atoms with Crippen LogP contribution in [0.25, 0.3) is 0 Å². The van der Waals surface area contributed by atoms with E-state index in [1.165, 1.54) is 0 Å². The molecule has 0 unspecified atom stereocenters. The normalized spacial score (nSPS) is 17.9. The molecule has 0 bridgehead atoms. The van der Waals surface area contributed by atoms with Gasteiger partial charge in [-0.05, 0) is 31.5 Å². The topological polar surface area (TPSA) is 59.6 Å². The molecule has 0 aliphatic carbocycles. The van der Waals surface area contributed by atoms with Crippen molar-refractivity contribution in [1.82, 2.24) is 10.6 Å². The summed E-state index contributed by atoms with van der Waals surface area (Å²) in [5, 5.41) is 6.35. The highest BCUT2D eigenvalue weighted by Gasteiger charge is 2.24. The number of carbonyl (C=O) groups excluding carboxylic acids is 1. The Bertz CT molecular complexity index is 581. The lowest BCUT2D eigenvalue weighted by Crippen LogP contribution is -2.42. The molecule has 1 atom stereocenters. The summed E-state index contributed by atoms with van der Waals surface area (Å²) < 4.78 is 10.2. The molecule has 0 radical (unpaired) electrons. The zero-order valence-electron chi connectivity index (χ0n) is 12.2. The maximum Gasteiger partial charge on any atom is 0.338 e. The molecule has 1 aromatic rings. The second-order valence-electron chi connectivity index (χ2n) is 4.57. The van der Waals surface area contributed by atoms with Crippen LogP contribution >= 0.6 is 12.2 Å². The molecule has 2 N–H and O–H groups in total. The van der Waals surface area contributed by atoms with Crippen molar-refractivity contribution < 1.29 is 14.3 Å². The Kier molecular flexibility index (Phi) is 4.80. The fourth-order valence-electron chi connectivity index (χ4n) is 2.09. The maximum absolute atomic E-state index is 11.6. The molecule has 0 fully saturated rings. The van der Waals surface area contributed by atoms with E-state index < -0.39 is 0 Å². The summed E-state index contributed by atoms with van der Waals surface area (Å²) in [6.07, 6.45) is 0. The van der Waals surface area contributed by atoms with E-state index in [0.717, 1.165) is 11.3 Å². The Labute approximate surface area is 129 Å². The molecule has 112 valence electrons. The summed E-state index contributed by atoms with van der Waals surface area (Å²) in [6, 6.07) is 7.06. The number of ether oxygens (including phenoxy) is 2. The van der Waals surface area contributed by atoms with Crippen LogP contribution in [0.2, 0.25) is 0 Å². The second-order valence-corrected chi connectivity index (χ2v) is 5.01. The molecule has 1 heterocycles. The third-order valence-electron chi connectivity index (χ3n) is 3.16. The lowest BCUT2D eigenvalue weighted by atomic mass is 10.0. The molecule has 5 nitrogen and oxygen atoms in total. The average Bonchev–Trinajstić information content (AvgIpc) is 2.49. The molecular weight excluding hydrogens is 288 g/mol. The molecule has 2 rings (SSSR count). The molecule has 21 heavy (non-hydrogen) atoms. The van der Waals surface area contributed by atoms with Crippen molar-refractivity contribution in [1.29, 1.82) is 0 Å². The number of rotatable bonds is 4. The molecule has 0 saturated heterocycles. The van der Waals surface area contributed by atoms with Gasteiger partial charge in [-0.3, -0.25) is 0 Å². The van der Waals surface area contributed by atoms with Gasteiger partial charge in [0.15, 0.2) is 0 Å². The van der Waals surface area contributed by atoms with Crippen LogP contribution in [-0.4, -0.2) is 24.7 Å². The van der Waals surface area contributed by atoms with E-state index in [1.807, 2.05) is 19.1 Å². The largest absolute Gasteiger partial charge is 0.481 e. The van der Waals surface area contributed by atoms with E-state index in [1.54, 1.807) is 26.2 Å². The fourth-order valence-corrected chi connectivity index (χ4v) is 2.38. The van der Waals surface area contributed by atoms with Crippen molar-refractivity contribution >= 4 is 23.2 Å². The molecule has 1 aliphatic rings. The van der Waals surface area contributed by atoms with Crippen LogP contribution in [0.1, 0.15) is 35.8 Å². The van der Waals surface area contributed by atoms with E-state index in [2.05, 4.69) is 10.6 Å². The first kappa shape index (κ1) is 15.3. The molecule has 0 saturated carbocycles. The zero-order valence-corrected chi connectivity index (χ0v) is 13.0. The van der Waals surface area contributed by atoms with Crippen LogP contribution in [0.15, 0.2) is 35.8 Å². The predicted octanol–water partition coefficient (Wildman–Crippen LogP) is 2.26. The highest BCUT2D eigenvalue weighted by atomic mass is 32.1. The minimum atomic E-state index is -0.320. The van der Waals surface area contributed by atoms with E-state index in [9.17, 15) is 4.79 Å². The van der Waals surface area contributed by atoms with Crippen LogP contribution in [0.4, 0.5) is 0 Å². The minimum Gasteiger partial charge on any atom is -0.481 e. The van der Waals surface area contributed by atoms with Crippen molar-refractivity contribution in [3.8, 4) is 0 Å². The van der Waals surface area contributed by atoms with Gasteiger partial charge in [0.1, 0.15) is 11.0 Å². The lowest BCUT2D eigenvalue weighted by molar-refractivity contribution is 0.0526. The predicted molar refractivity (Wildman–Crippen MR) is 83.7 cm³/mol. The van der Waals surface area contributed by atoms with Crippen LogP contribution in [-0.2, 0) is 9.47 Å². The minimum absolute atomic E-state index is 0.143. The summed E-state index contributed by atoms with van der Waals surface area (Å²) in [5.74, 6) is 0.304. The Balaban J connectivity index is 2.18. The van der Waals surface area contributed by atoms with E-state index in [0.29, 0.717) is 23.0 Å². The summed E-state index contributed by atoms with van der Waals surface area (Å²) in [4.78, 5) is 12.3. The molecular formula is C15H18N2O3S. The highest BCUT2D eigenvalue weighted by molar-refractivity contribution is 7.80. The first-order valence-electron chi connectivity index (χ1n) is 6.66. The van der Waals surface area contributed by atoms with Gasteiger partial charge in [-0.1, -0.05) is 24.4 Å². The number of esters is 1. The van der Waals surface area contributed by atoms with Crippen LogP contribution in [0.3, 0.4) is 0 Å². The van der Waals surface area contributed by atoms with Crippen LogP contribution < -0.4 is 10.6 Å². The SMILES string of the molecule is CCOC(=O)c1ccc([C@H]2NC(C)=C(OC)NC2=S)cc1. The van der Waals surface area contributed by atoms with E-state index in [-0.39, 0.29) is 12.0 Å². The van der Waals surface area contributed by atoms with Gasteiger partial charge < -0.3 is 20.1 Å². The van der Waals surface area contributed by atoms with Gasteiger partial charge >= 0.3 is 5.97 Å². The first-order chi connectivity index (χ1) is 10.1. The maximum atomic E-state index is 11.6. The number of allylic oxidation sites excluding steroid dienone is 1. The van der Waals surface area contributed by atoms with Crippen LogP contribution in [0.5, 0.6) is 0 Å². The molecule has 0 aromatic heterocycles. The summed E-state index contributed by atoms with van der Waals surface area (Å²) in [6.45, 7) is 4.06. The molecule has 0 amide bonds. The van der Waals surface area contributed by atoms with Crippen molar-refractivity contribution in [2.45, 2.75) is 19.9 Å². The van der Waals surface area contributed by atoms with Crippen molar-refractivity contribution in [3.05, 3.63) is 47.0 Å². The third-order valence-corrected chi connectivity index (χ3v) is 3.50. The van der Waals surface area contributed by atoms with Gasteiger partial charge in [0.25, 0.3) is 0 Å². The first-order valence-corrected chi connectivity index (χ1v) is 7.07. The number of methoxy groups -OCH3 is 1. The monoisotopic (exact) mass is 306 g/mol. The number of benzene rings is 1. The van der Waals surface area contributed by atoms with E-state index >= 15 is 0 Å². The zero-order chi connectivity index (χ0) is 15.4. The van der Waals surface area contributed by atoms with Gasteiger partial charge in [0.2, 0.25) is 5.88 Å². The number of carbonyl (C=O) groups is 1. The number of hydrogen-bond donors (Lipinski definition) is 2. The van der Waals surface area contributed by atoms with Crippen LogP contribution in [0, 0.1) is 0 Å². The average molecular weight is 306 g/mol. The van der Waals surface area contributed by atoms with E-state index in [4.69, 9.17) is 21.7 Å². The van der Waals surface area contributed by atoms with Gasteiger partial charge in [-0.15, -0.1) is 0 Å². The molecule has 0 spiro atoms. The Hall–Kier alpha value is -2.08.